The minimum atomic E-state index is -3.60. The van der Waals surface area contributed by atoms with E-state index >= 15 is 0 Å². The quantitative estimate of drug-likeness (QED) is 0.760. The summed E-state index contributed by atoms with van der Waals surface area (Å²) in [7, 11) is -3.60. The van der Waals surface area contributed by atoms with Crippen LogP contribution in [0, 0.1) is 0 Å². The van der Waals surface area contributed by atoms with Crippen LogP contribution in [0.1, 0.15) is 6.92 Å². The van der Waals surface area contributed by atoms with Crippen molar-refractivity contribution in [3.05, 3.63) is 23.2 Å². The SMILES string of the molecule is CCOc1ccc(S(=O)(=O)N2CCN(C=O)CC2)cc1Cl. The number of carbonyl (C=O) groups is 1. The van der Waals surface area contributed by atoms with E-state index in [4.69, 9.17) is 16.3 Å². The fourth-order valence-electron chi connectivity index (χ4n) is 2.11. The van der Waals surface area contributed by atoms with E-state index in [1.807, 2.05) is 6.92 Å². The molecule has 1 aromatic rings. The van der Waals surface area contributed by atoms with E-state index in [-0.39, 0.29) is 23.0 Å². The first-order valence-corrected chi connectivity index (χ1v) is 8.42. The van der Waals surface area contributed by atoms with Gasteiger partial charge < -0.3 is 9.64 Å². The lowest BCUT2D eigenvalue weighted by molar-refractivity contribution is -0.119. The molecule has 1 heterocycles. The number of hydrogen-bond acceptors (Lipinski definition) is 4. The monoisotopic (exact) mass is 332 g/mol. The van der Waals surface area contributed by atoms with Crippen LogP contribution < -0.4 is 4.74 Å². The summed E-state index contributed by atoms with van der Waals surface area (Å²) < 4.78 is 31.7. The molecule has 0 saturated carbocycles. The summed E-state index contributed by atoms with van der Waals surface area (Å²) in [6, 6.07) is 4.44. The second-order valence-electron chi connectivity index (χ2n) is 4.57. The Hall–Kier alpha value is -1.31. The molecular weight excluding hydrogens is 316 g/mol. The Morgan fingerprint density at radius 1 is 1.29 bits per heavy atom. The highest BCUT2D eigenvalue weighted by Gasteiger charge is 2.28. The van der Waals surface area contributed by atoms with Crippen molar-refractivity contribution in [2.24, 2.45) is 0 Å². The van der Waals surface area contributed by atoms with Crippen LogP contribution in [-0.2, 0) is 14.8 Å². The highest BCUT2D eigenvalue weighted by Crippen LogP contribution is 2.29. The van der Waals surface area contributed by atoms with Gasteiger partial charge in [-0.25, -0.2) is 8.42 Å². The highest BCUT2D eigenvalue weighted by molar-refractivity contribution is 7.89. The summed E-state index contributed by atoms with van der Waals surface area (Å²) in [5.41, 5.74) is 0. The average Bonchev–Trinajstić information content (AvgIpc) is 2.49. The molecule has 1 aliphatic heterocycles. The van der Waals surface area contributed by atoms with Crippen LogP contribution in [0.25, 0.3) is 0 Å². The molecule has 0 aromatic heterocycles. The lowest BCUT2D eigenvalue weighted by Crippen LogP contribution is -2.47. The number of carbonyl (C=O) groups excluding carboxylic acids is 1. The van der Waals surface area contributed by atoms with Crippen LogP contribution in [-0.4, -0.2) is 56.8 Å². The number of ether oxygens (including phenoxy) is 1. The molecule has 116 valence electrons. The molecule has 2 rings (SSSR count). The zero-order chi connectivity index (χ0) is 15.5. The van der Waals surface area contributed by atoms with Crippen molar-refractivity contribution in [1.29, 1.82) is 0 Å². The Morgan fingerprint density at radius 3 is 2.48 bits per heavy atom. The largest absolute Gasteiger partial charge is 0.492 e. The van der Waals surface area contributed by atoms with E-state index in [0.29, 0.717) is 25.4 Å². The second kappa shape index (κ2) is 6.64. The molecular formula is C13H17ClN2O4S. The van der Waals surface area contributed by atoms with Crippen molar-refractivity contribution in [2.75, 3.05) is 32.8 Å². The first-order valence-electron chi connectivity index (χ1n) is 6.61. The van der Waals surface area contributed by atoms with Gasteiger partial charge in [-0.05, 0) is 25.1 Å². The average molecular weight is 333 g/mol. The molecule has 21 heavy (non-hydrogen) atoms. The normalized spacial score (nSPS) is 16.8. The van der Waals surface area contributed by atoms with E-state index in [1.54, 1.807) is 11.0 Å². The molecule has 1 saturated heterocycles. The topological polar surface area (TPSA) is 66.9 Å². The number of piperazine rings is 1. The number of nitrogens with zero attached hydrogens (tertiary/aromatic N) is 2. The zero-order valence-corrected chi connectivity index (χ0v) is 13.2. The lowest BCUT2D eigenvalue weighted by atomic mass is 10.3. The molecule has 0 aliphatic carbocycles. The molecule has 0 bridgehead atoms. The van der Waals surface area contributed by atoms with Gasteiger partial charge in [0.1, 0.15) is 5.75 Å². The first-order chi connectivity index (χ1) is 9.98. The maximum atomic E-state index is 12.5. The van der Waals surface area contributed by atoms with E-state index in [1.165, 1.54) is 16.4 Å². The molecule has 1 amide bonds. The number of sulfonamides is 1. The summed E-state index contributed by atoms with van der Waals surface area (Å²) in [6.45, 7) is 3.64. The zero-order valence-electron chi connectivity index (χ0n) is 11.7. The molecule has 0 N–H and O–H groups in total. The van der Waals surface area contributed by atoms with Crippen molar-refractivity contribution in [3.8, 4) is 5.75 Å². The summed E-state index contributed by atoms with van der Waals surface area (Å²) in [6.07, 6.45) is 0.734. The Bertz CT molecular complexity index is 613. The molecule has 1 aromatic carbocycles. The number of halogens is 1. The Kier molecular flexibility index (Phi) is 5.08. The first kappa shape index (κ1) is 16.1. The Morgan fingerprint density at radius 2 is 1.95 bits per heavy atom. The van der Waals surface area contributed by atoms with Crippen molar-refractivity contribution in [2.45, 2.75) is 11.8 Å². The third kappa shape index (κ3) is 3.48. The van der Waals surface area contributed by atoms with Gasteiger partial charge in [-0.3, -0.25) is 4.79 Å². The molecule has 1 fully saturated rings. The molecule has 0 spiro atoms. The maximum absolute atomic E-state index is 12.5. The van der Waals surface area contributed by atoms with Crippen molar-refractivity contribution in [3.63, 3.8) is 0 Å². The number of hydrogen-bond donors (Lipinski definition) is 0. The summed E-state index contributed by atoms with van der Waals surface area (Å²) in [5, 5.41) is 0.268. The van der Waals surface area contributed by atoms with Gasteiger partial charge in [0.15, 0.2) is 0 Å². The third-order valence-corrected chi connectivity index (χ3v) is 5.45. The second-order valence-corrected chi connectivity index (χ2v) is 6.92. The van der Waals surface area contributed by atoms with Gasteiger partial charge in [0.25, 0.3) is 0 Å². The lowest BCUT2D eigenvalue weighted by Gasteiger charge is -2.31. The summed E-state index contributed by atoms with van der Waals surface area (Å²) in [5.74, 6) is 0.462. The third-order valence-electron chi connectivity index (χ3n) is 3.26. The van der Waals surface area contributed by atoms with Crippen LogP contribution in [0.3, 0.4) is 0 Å². The number of amides is 1. The smallest absolute Gasteiger partial charge is 0.243 e. The van der Waals surface area contributed by atoms with Crippen LogP contribution in [0.2, 0.25) is 5.02 Å². The molecule has 1 aliphatic rings. The minimum Gasteiger partial charge on any atom is -0.492 e. The fourth-order valence-corrected chi connectivity index (χ4v) is 3.86. The van der Waals surface area contributed by atoms with Crippen molar-refractivity contribution in [1.82, 2.24) is 9.21 Å². The van der Waals surface area contributed by atoms with Crippen molar-refractivity contribution >= 4 is 28.0 Å². The van der Waals surface area contributed by atoms with Gasteiger partial charge in [0.05, 0.1) is 16.5 Å². The van der Waals surface area contributed by atoms with Gasteiger partial charge >= 0.3 is 0 Å². The van der Waals surface area contributed by atoms with E-state index in [0.717, 1.165) is 6.41 Å². The van der Waals surface area contributed by atoms with Crippen LogP contribution in [0.5, 0.6) is 5.75 Å². The van der Waals surface area contributed by atoms with Gasteiger partial charge in [-0.2, -0.15) is 4.31 Å². The molecule has 8 heteroatoms. The van der Waals surface area contributed by atoms with E-state index in [2.05, 4.69) is 0 Å². The predicted molar refractivity (Wildman–Crippen MR) is 79.0 cm³/mol. The van der Waals surface area contributed by atoms with Gasteiger partial charge in [0, 0.05) is 26.2 Å². The number of rotatable bonds is 5. The summed E-state index contributed by atoms with van der Waals surface area (Å²) in [4.78, 5) is 12.3. The molecule has 0 unspecified atom stereocenters. The Balaban J connectivity index is 2.20. The van der Waals surface area contributed by atoms with Crippen LogP contribution in [0.4, 0.5) is 0 Å². The molecule has 0 atom stereocenters. The van der Waals surface area contributed by atoms with E-state index in [9.17, 15) is 13.2 Å². The van der Waals surface area contributed by atoms with Gasteiger partial charge in [0.2, 0.25) is 16.4 Å². The highest BCUT2D eigenvalue weighted by atomic mass is 35.5. The van der Waals surface area contributed by atoms with Gasteiger partial charge in [-0.1, -0.05) is 11.6 Å². The molecule has 6 nitrogen and oxygen atoms in total. The van der Waals surface area contributed by atoms with Crippen LogP contribution >= 0.6 is 11.6 Å². The summed E-state index contributed by atoms with van der Waals surface area (Å²) >= 11 is 6.04. The standard InChI is InChI=1S/C13H17ClN2O4S/c1-2-20-13-4-3-11(9-12(13)14)21(18,19)16-7-5-15(10-17)6-8-16/h3-4,9-10H,2,5-8H2,1H3. The number of benzene rings is 1. The minimum absolute atomic E-state index is 0.135. The van der Waals surface area contributed by atoms with Crippen LogP contribution in [0.15, 0.2) is 23.1 Å². The maximum Gasteiger partial charge on any atom is 0.243 e. The van der Waals surface area contributed by atoms with Gasteiger partial charge in [-0.15, -0.1) is 0 Å². The molecule has 0 radical (unpaired) electrons. The predicted octanol–water partition coefficient (Wildman–Crippen LogP) is 1.20. The van der Waals surface area contributed by atoms with Crippen molar-refractivity contribution < 1.29 is 17.9 Å². The Labute approximate surface area is 129 Å². The fraction of sp³-hybridized carbons (Fsp3) is 0.462. The van der Waals surface area contributed by atoms with E-state index < -0.39 is 10.0 Å².